The second kappa shape index (κ2) is 10.2. The summed E-state index contributed by atoms with van der Waals surface area (Å²) in [6.45, 7) is 1.26. The van der Waals surface area contributed by atoms with E-state index < -0.39 is 9.84 Å². The summed E-state index contributed by atoms with van der Waals surface area (Å²) in [7, 11) is -1.54. The normalized spacial score (nSPS) is 12.0. The first-order valence-electron chi connectivity index (χ1n) is 8.48. The monoisotopic (exact) mass is 393 g/mol. The number of sulfone groups is 1. The zero-order chi connectivity index (χ0) is 18.8. The molecule has 140 valence electrons. The molecule has 0 unspecified atom stereocenters. The Morgan fingerprint density at radius 1 is 1.00 bits per heavy atom. The molecule has 2 aromatic rings. The molecular formula is C19H24ClN3O2S. The summed E-state index contributed by atoms with van der Waals surface area (Å²) in [4.78, 5) is 4.52. The van der Waals surface area contributed by atoms with Crippen LogP contribution in [-0.2, 0) is 16.3 Å². The maximum Gasteiger partial charge on any atom is 0.190 e. The smallest absolute Gasteiger partial charge is 0.190 e. The zero-order valence-electron chi connectivity index (χ0n) is 14.8. The molecule has 0 aliphatic carbocycles. The van der Waals surface area contributed by atoms with E-state index in [1.54, 1.807) is 37.4 Å². The fourth-order valence-corrected chi connectivity index (χ4v) is 3.87. The van der Waals surface area contributed by atoms with Crippen molar-refractivity contribution >= 4 is 27.4 Å². The van der Waals surface area contributed by atoms with E-state index in [2.05, 4.69) is 15.6 Å². The fraction of sp³-hybridized carbons (Fsp3) is 0.316. The molecule has 0 aliphatic heterocycles. The molecule has 0 bridgehead atoms. The van der Waals surface area contributed by atoms with Crippen LogP contribution in [0.25, 0.3) is 0 Å². The van der Waals surface area contributed by atoms with Gasteiger partial charge in [0.1, 0.15) is 0 Å². The average Bonchev–Trinajstić information content (AvgIpc) is 2.66. The van der Waals surface area contributed by atoms with Gasteiger partial charge < -0.3 is 10.6 Å². The van der Waals surface area contributed by atoms with Crippen molar-refractivity contribution in [3.8, 4) is 0 Å². The van der Waals surface area contributed by atoms with Crippen LogP contribution in [0.5, 0.6) is 0 Å². The number of halogens is 1. The summed E-state index contributed by atoms with van der Waals surface area (Å²) >= 11 is 5.87. The number of guanidine groups is 1. The Labute approximate surface area is 160 Å². The minimum atomic E-state index is -3.23. The Kier molecular flexibility index (Phi) is 7.94. The molecule has 0 heterocycles. The quantitative estimate of drug-likeness (QED) is 0.411. The maximum absolute atomic E-state index is 12.2. The third kappa shape index (κ3) is 6.69. The molecule has 0 spiro atoms. The zero-order valence-corrected chi connectivity index (χ0v) is 16.4. The second-order valence-electron chi connectivity index (χ2n) is 5.79. The SMILES string of the molecule is CN=C(NCCCS(=O)(=O)c1ccccc1)NCCc1ccc(Cl)cc1. The van der Waals surface area contributed by atoms with Crippen LogP contribution in [-0.4, -0.2) is 40.3 Å². The van der Waals surface area contributed by atoms with E-state index in [1.807, 2.05) is 24.3 Å². The van der Waals surface area contributed by atoms with Crippen molar-refractivity contribution < 1.29 is 8.42 Å². The number of hydrogen-bond donors (Lipinski definition) is 2. The van der Waals surface area contributed by atoms with Crippen LogP contribution in [0.2, 0.25) is 5.02 Å². The molecule has 7 heteroatoms. The molecular weight excluding hydrogens is 370 g/mol. The van der Waals surface area contributed by atoms with Gasteiger partial charge in [-0.05, 0) is 42.7 Å². The third-order valence-corrected chi connectivity index (χ3v) is 5.90. The molecule has 0 aromatic heterocycles. The Bertz CT molecular complexity index is 806. The molecule has 0 saturated carbocycles. The van der Waals surface area contributed by atoms with Crippen LogP contribution >= 0.6 is 11.6 Å². The largest absolute Gasteiger partial charge is 0.356 e. The van der Waals surface area contributed by atoms with Crippen molar-refractivity contribution in [3.05, 3.63) is 65.2 Å². The van der Waals surface area contributed by atoms with Gasteiger partial charge in [-0.3, -0.25) is 4.99 Å². The molecule has 5 nitrogen and oxygen atoms in total. The minimum Gasteiger partial charge on any atom is -0.356 e. The third-order valence-electron chi connectivity index (χ3n) is 3.83. The van der Waals surface area contributed by atoms with Crippen LogP contribution < -0.4 is 10.6 Å². The van der Waals surface area contributed by atoms with Gasteiger partial charge in [-0.25, -0.2) is 8.42 Å². The Morgan fingerprint density at radius 3 is 2.31 bits per heavy atom. The standard InChI is InChI=1S/C19H24ClN3O2S/c1-21-19(23-14-12-16-8-10-17(20)11-9-16)22-13-5-15-26(24,25)18-6-3-2-4-7-18/h2-4,6-11H,5,12-15H2,1H3,(H2,21,22,23). The summed E-state index contributed by atoms with van der Waals surface area (Å²) in [6, 6.07) is 16.3. The van der Waals surface area contributed by atoms with E-state index in [9.17, 15) is 8.42 Å². The Hall–Kier alpha value is -2.05. The lowest BCUT2D eigenvalue weighted by atomic mass is 10.1. The van der Waals surface area contributed by atoms with E-state index in [4.69, 9.17) is 11.6 Å². The summed E-state index contributed by atoms with van der Waals surface area (Å²) in [6.07, 6.45) is 1.36. The highest BCUT2D eigenvalue weighted by Gasteiger charge is 2.13. The van der Waals surface area contributed by atoms with Crippen molar-refractivity contribution in [3.63, 3.8) is 0 Å². The lowest BCUT2D eigenvalue weighted by Crippen LogP contribution is -2.39. The first-order valence-corrected chi connectivity index (χ1v) is 10.5. The van der Waals surface area contributed by atoms with Gasteiger partial charge >= 0.3 is 0 Å². The minimum absolute atomic E-state index is 0.103. The van der Waals surface area contributed by atoms with Crippen LogP contribution in [0.1, 0.15) is 12.0 Å². The first kappa shape index (κ1) is 20.3. The van der Waals surface area contributed by atoms with Gasteiger partial charge in [-0.1, -0.05) is 41.9 Å². The van der Waals surface area contributed by atoms with Crippen LogP contribution in [0.4, 0.5) is 0 Å². The summed E-state index contributed by atoms with van der Waals surface area (Å²) in [5.41, 5.74) is 1.19. The number of rotatable bonds is 8. The first-order chi connectivity index (χ1) is 12.5. The number of hydrogen-bond acceptors (Lipinski definition) is 3. The number of nitrogens with one attached hydrogen (secondary N) is 2. The molecule has 0 fully saturated rings. The molecule has 2 aromatic carbocycles. The highest BCUT2D eigenvalue weighted by atomic mass is 35.5. The van der Waals surface area contributed by atoms with Gasteiger partial charge in [0.2, 0.25) is 0 Å². The predicted molar refractivity (Wildman–Crippen MR) is 108 cm³/mol. The predicted octanol–water partition coefficient (Wildman–Crippen LogP) is 2.91. The summed E-state index contributed by atoms with van der Waals surface area (Å²) in [5.74, 6) is 0.766. The topological polar surface area (TPSA) is 70.6 Å². The van der Waals surface area contributed by atoms with E-state index in [0.717, 1.165) is 18.0 Å². The van der Waals surface area contributed by atoms with Gasteiger partial charge in [0, 0.05) is 25.2 Å². The van der Waals surface area contributed by atoms with Crippen LogP contribution in [0.15, 0.2) is 64.5 Å². The Balaban J connectivity index is 1.69. The highest BCUT2D eigenvalue weighted by molar-refractivity contribution is 7.91. The van der Waals surface area contributed by atoms with Gasteiger partial charge in [0.05, 0.1) is 10.6 Å². The summed E-state index contributed by atoms with van der Waals surface area (Å²) in [5, 5.41) is 7.09. The van der Waals surface area contributed by atoms with Gasteiger partial charge in [0.15, 0.2) is 15.8 Å². The fourth-order valence-electron chi connectivity index (χ4n) is 2.41. The molecule has 0 amide bonds. The van der Waals surface area contributed by atoms with E-state index in [-0.39, 0.29) is 5.75 Å². The van der Waals surface area contributed by atoms with Crippen molar-refractivity contribution in [2.75, 3.05) is 25.9 Å². The van der Waals surface area contributed by atoms with Crippen LogP contribution in [0.3, 0.4) is 0 Å². The molecule has 2 N–H and O–H groups in total. The van der Waals surface area contributed by atoms with Gasteiger partial charge in [-0.15, -0.1) is 0 Å². The number of nitrogens with zero attached hydrogens (tertiary/aromatic N) is 1. The lowest BCUT2D eigenvalue weighted by Gasteiger charge is -2.12. The molecule has 0 aliphatic rings. The van der Waals surface area contributed by atoms with E-state index >= 15 is 0 Å². The summed E-state index contributed by atoms with van der Waals surface area (Å²) < 4.78 is 24.4. The van der Waals surface area contributed by atoms with Crippen molar-refractivity contribution in [1.82, 2.24) is 10.6 Å². The average molecular weight is 394 g/mol. The van der Waals surface area contributed by atoms with Gasteiger partial charge in [-0.2, -0.15) is 0 Å². The van der Waals surface area contributed by atoms with Crippen molar-refractivity contribution in [1.29, 1.82) is 0 Å². The van der Waals surface area contributed by atoms with E-state index in [1.165, 1.54) is 5.56 Å². The number of aliphatic imine (C=N–C) groups is 1. The van der Waals surface area contributed by atoms with Crippen LogP contribution in [0, 0.1) is 0 Å². The lowest BCUT2D eigenvalue weighted by molar-refractivity contribution is 0.592. The number of benzene rings is 2. The Morgan fingerprint density at radius 2 is 1.65 bits per heavy atom. The van der Waals surface area contributed by atoms with Crippen molar-refractivity contribution in [2.24, 2.45) is 4.99 Å². The molecule has 26 heavy (non-hydrogen) atoms. The maximum atomic E-state index is 12.2. The van der Waals surface area contributed by atoms with Crippen molar-refractivity contribution in [2.45, 2.75) is 17.7 Å². The van der Waals surface area contributed by atoms with Gasteiger partial charge in [0.25, 0.3) is 0 Å². The molecule has 0 atom stereocenters. The highest BCUT2D eigenvalue weighted by Crippen LogP contribution is 2.11. The second-order valence-corrected chi connectivity index (χ2v) is 8.33. The molecule has 2 rings (SSSR count). The molecule has 0 saturated heterocycles. The molecule has 0 radical (unpaired) electrons. The van der Waals surface area contributed by atoms with E-state index in [0.29, 0.717) is 23.8 Å².